The van der Waals surface area contributed by atoms with Crippen LogP contribution < -0.4 is 10.6 Å². The topological polar surface area (TPSA) is 86.9 Å². The van der Waals surface area contributed by atoms with E-state index in [0.717, 1.165) is 0 Å². The number of imidazole rings is 1. The molecule has 1 aliphatic rings. The molecule has 2 rings (SSSR count). The van der Waals surface area contributed by atoms with Gasteiger partial charge in [-0.3, -0.25) is 14.9 Å². The van der Waals surface area contributed by atoms with E-state index in [4.69, 9.17) is 0 Å². The van der Waals surface area contributed by atoms with Gasteiger partial charge in [0, 0.05) is 18.8 Å². The van der Waals surface area contributed by atoms with E-state index in [1.165, 1.54) is 0 Å². The highest BCUT2D eigenvalue weighted by Crippen LogP contribution is 2.08. The second-order valence-electron chi connectivity index (χ2n) is 3.09. The van der Waals surface area contributed by atoms with E-state index < -0.39 is 6.04 Å². The molecule has 0 aliphatic carbocycles. The number of carbonyl (C=O) groups is 2. The van der Waals surface area contributed by atoms with Crippen LogP contribution in [0.2, 0.25) is 0 Å². The molecule has 1 aromatic rings. The smallest absolute Gasteiger partial charge is 0.249 e. The monoisotopic (exact) mass is 194 g/mol. The Kier molecular flexibility index (Phi) is 2.18. The van der Waals surface area contributed by atoms with Gasteiger partial charge in [0.05, 0.1) is 0 Å². The number of nitrogens with zero attached hydrogens (tertiary/aromatic N) is 1. The van der Waals surface area contributed by atoms with Gasteiger partial charge < -0.3 is 10.3 Å². The summed E-state index contributed by atoms with van der Waals surface area (Å²) in [6, 6.07) is -0.424. The average Bonchev–Trinajstić information content (AvgIpc) is 2.75. The number of nitrogens with one attached hydrogen (secondary N) is 3. The lowest BCUT2D eigenvalue weighted by Crippen LogP contribution is -2.37. The maximum absolute atomic E-state index is 11.5. The highest BCUT2D eigenvalue weighted by atomic mass is 16.2. The fraction of sp³-hybridized carbons (Fsp3) is 0.375. The number of anilines is 1. The molecule has 14 heavy (non-hydrogen) atoms. The maximum atomic E-state index is 11.5. The van der Waals surface area contributed by atoms with Gasteiger partial charge >= 0.3 is 0 Å². The molecular formula is C8H10N4O2. The maximum Gasteiger partial charge on any atom is 0.249 e. The van der Waals surface area contributed by atoms with Crippen molar-refractivity contribution >= 4 is 17.8 Å². The third kappa shape index (κ3) is 1.73. The van der Waals surface area contributed by atoms with E-state index in [1.54, 1.807) is 12.4 Å². The van der Waals surface area contributed by atoms with Crippen molar-refractivity contribution in [3.8, 4) is 0 Å². The summed E-state index contributed by atoms with van der Waals surface area (Å²) in [6.07, 6.45) is 4.12. The lowest BCUT2D eigenvalue weighted by Gasteiger charge is -2.08. The minimum atomic E-state index is -0.424. The van der Waals surface area contributed by atoms with Crippen LogP contribution in [0, 0.1) is 0 Å². The first-order valence-electron chi connectivity index (χ1n) is 4.35. The Hall–Kier alpha value is -1.85. The molecule has 1 saturated heterocycles. The summed E-state index contributed by atoms with van der Waals surface area (Å²) >= 11 is 0. The minimum absolute atomic E-state index is 0.0791. The van der Waals surface area contributed by atoms with E-state index in [2.05, 4.69) is 20.6 Å². The summed E-state index contributed by atoms with van der Waals surface area (Å²) < 4.78 is 0. The quantitative estimate of drug-likeness (QED) is 0.600. The van der Waals surface area contributed by atoms with Gasteiger partial charge in [0.1, 0.15) is 6.04 Å². The van der Waals surface area contributed by atoms with Crippen LogP contribution in [0.25, 0.3) is 0 Å². The normalized spacial score (nSPS) is 20.6. The molecular weight excluding hydrogens is 184 g/mol. The molecule has 6 heteroatoms. The first-order valence-corrected chi connectivity index (χ1v) is 4.35. The van der Waals surface area contributed by atoms with E-state index in [0.29, 0.717) is 18.8 Å². The number of carbonyl (C=O) groups excluding carboxylic acids is 2. The lowest BCUT2D eigenvalue weighted by atomic mass is 10.2. The average molecular weight is 194 g/mol. The van der Waals surface area contributed by atoms with E-state index in [-0.39, 0.29) is 11.8 Å². The molecule has 0 spiro atoms. The van der Waals surface area contributed by atoms with Crippen LogP contribution in [-0.2, 0) is 9.59 Å². The molecule has 0 radical (unpaired) electrons. The van der Waals surface area contributed by atoms with Crippen molar-refractivity contribution in [2.45, 2.75) is 18.9 Å². The molecule has 0 bridgehead atoms. The van der Waals surface area contributed by atoms with Gasteiger partial charge in [-0.2, -0.15) is 0 Å². The van der Waals surface area contributed by atoms with Crippen LogP contribution in [0.4, 0.5) is 5.95 Å². The number of hydrogen-bond donors (Lipinski definition) is 3. The number of aromatic nitrogens is 2. The number of hydrogen-bond acceptors (Lipinski definition) is 3. The fourth-order valence-corrected chi connectivity index (χ4v) is 1.35. The SMILES string of the molecule is O=C1CC[C@H](C(=O)Nc2ncc[nH]2)N1. The van der Waals surface area contributed by atoms with Crippen LogP contribution in [0.5, 0.6) is 0 Å². The first-order chi connectivity index (χ1) is 6.75. The van der Waals surface area contributed by atoms with Gasteiger partial charge in [-0.1, -0.05) is 0 Å². The fourth-order valence-electron chi connectivity index (χ4n) is 1.35. The van der Waals surface area contributed by atoms with Crippen LogP contribution >= 0.6 is 0 Å². The first kappa shape index (κ1) is 8.74. The van der Waals surface area contributed by atoms with Crippen molar-refractivity contribution in [1.82, 2.24) is 15.3 Å². The van der Waals surface area contributed by atoms with Gasteiger partial charge in [-0.05, 0) is 6.42 Å². The van der Waals surface area contributed by atoms with Crippen LogP contribution in [0.15, 0.2) is 12.4 Å². The third-order valence-electron chi connectivity index (χ3n) is 2.05. The predicted molar refractivity (Wildman–Crippen MR) is 48.4 cm³/mol. The summed E-state index contributed by atoms with van der Waals surface area (Å²) in [4.78, 5) is 28.9. The van der Waals surface area contributed by atoms with Crippen molar-refractivity contribution in [3.05, 3.63) is 12.4 Å². The van der Waals surface area contributed by atoms with Crippen molar-refractivity contribution < 1.29 is 9.59 Å². The zero-order chi connectivity index (χ0) is 9.97. The summed E-state index contributed by atoms with van der Waals surface area (Å²) in [7, 11) is 0. The van der Waals surface area contributed by atoms with Gasteiger partial charge in [0.25, 0.3) is 0 Å². The zero-order valence-corrected chi connectivity index (χ0v) is 7.41. The summed E-state index contributed by atoms with van der Waals surface area (Å²) in [6.45, 7) is 0. The second-order valence-corrected chi connectivity index (χ2v) is 3.09. The van der Waals surface area contributed by atoms with Crippen LogP contribution in [0.3, 0.4) is 0 Å². The van der Waals surface area contributed by atoms with Crippen molar-refractivity contribution in [2.24, 2.45) is 0 Å². The van der Waals surface area contributed by atoms with Gasteiger partial charge in [-0.25, -0.2) is 4.98 Å². The molecule has 0 unspecified atom stereocenters. The van der Waals surface area contributed by atoms with Crippen molar-refractivity contribution in [2.75, 3.05) is 5.32 Å². The van der Waals surface area contributed by atoms with E-state index in [1.807, 2.05) is 0 Å². The Morgan fingerprint density at radius 1 is 1.64 bits per heavy atom. The largest absolute Gasteiger partial charge is 0.344 e. The molecule has 3 N–H and O–H groups in total. The molecule has 2 heterocycles. The second kappa shape index (κ2) is 3.49. The highest BCUT2D eigenvalue weighted by molar-refractivity contribution is 5.97. The Morgan fingerprint density at radius 3 is 3.07 bits per heavy atom. The van der Waals surface area contributed by atoms with E-state index >= 15 is 0 Å². The van der Waals surface area contributed by atoms with Crippen molar-refractivity contribution in [3.63, 3.8) is 0 Å². The van der Waals surface area contributed by atoms with Gasteiger partial charge in [0.15, 0.2) is 0 Å². The number of H-pyrrole nitrogens is 1. The summed E-state index contributed by atoms with van der Waals surface area (Å²) in [5, 5.41) is 5.14. The summed E-state index contributed by atoms with van der Waals surface area (Å²) in [5.41, 5.74) is 0. The molecule has 0 saturated carbocycles. The Balaban J connectivity index is 1.93. The molecule has 1 aliphatic heterocycles. The van der Waals surface area contributed by atoms with Crippen molar-refractivity contribution in [1.29, 1.82) is 0 Å². The Bertz CT molecular complexity index is 346. The van der Waals surface area contributed by atoms with Gasteiger partial charge in [-0.15, -0.1) is 0 Å². The molecule has 1 atom stereocenters. The predicted octanol–water partition coefficient (Wildman–Crippen LogP) is -0.373. The third-order valence-corrected chi connectivity index (χ3v) is 2.05. The van der Waals surface area contributed by atoms with E-state index in [9.17, 15) is 9.59 Å². The van der Waals surface area contributed by atoms with Gasteiger partial charge in [0.2, 0.25) is 17.8 Å². The Morgan fingerprint density at radius 2 is 2.50 bits per heavy atom. The molecule has 0 aromatic carbocycles. The number of aromatic amines is 1. The van der Waals surface area contributed by atoms with Crippen LogP contribution in [0.1, 0.15) is 12.8 Å². The Labute approximate surface area is 80.1 Å². The lowest BCUT2D eigenvalue weighted by molar-refractivity contribution is -0.122. The summed E-state index contributed by atoms with van der Waals surface area (Å²) in [5.74, 6) is 0.0894. The molecule has 74 valence electrons. The molecule has 1 fully saturated rings. The zero-order valence-electron chi connectivity index (χ0n) is 7.41. The number of rotatable bonds is 2. The molecule has 2 amide bonds. The van der Waals surface area contributed by atoms with Crippen LogP contribution in [-0.4, -0.2) is 27.8 Å². The number of amides is 2. The standard InChI is InChI=1S/C8H10N4O2/c13-6-2-1-5(11-6)7(14)12-8-9-3-4-10-8/h3-5H,1-2H2,(H,11,13)(H2,9,10,12,14)/t5-/m1/s1. The molecule has 1 aromatic heterocycles. The molecule has 6 nitrogen and oxygen atoms in total. The highest BCUT2D eigenvalue weighted by Gasteiger charge is 2.27. The minimum Gasteiger partial charge on any atom is -0.344 e.